The van der Waals surface area contributed by atoms with Gasteiger partial charge in [-0.15, -0.1) is 9.36 Å². The second-order valence-electron chi connectivity index (χ2n) is 7.26. The maximum Gasteiger partial charge on any atom is 0.251 e. The van der Waals surface area contributed by atoms with Crippen LogP contribution in [0.25, 0.3) is 5.69 Å². The van der Waals surface area contributed by atoms with Crippen molar-refractivity contribution in [2.75, 3.05) is 5.73 Å². The van der Waals surface area contributed by atoms with Crippen molar-refractivity contribution in [2.45, 2.75) is 25.8 Å². The Hall–Kier alpha value is -3.41. The summed E-state index contributed by atoms with van der Waals surface area (Å²) in [4.78, 5) is 25.3. The van der Waals surface area contributed by atoms with E-state index in [1.54, 1.807) is 27.7 Å². The third kappa shape index (κ3) is 3.29. The molecule has 6 heteroatoms. The van der Waals surface area contributed by atoms with Gasteiger partial charge in [-0.3, -0.25) is 9.59 Å². The summed E-state index contributed by atoms with van der Waals surface area (Å²) in [6.07, 6.45) is 3.80. The van der Waals surface area contributed by atoms with Gasteiger partial charge in [0.05, 0.1) is 0 Å². The van der Waals surface area contributed by atoms with E-state index in [1.165, 1.54) is 0 Å². The molecule has 0 unspecified atom stereocenters. The molecule has 1 fully saturated rings. The van der Waals surface area contributed by atoms with Crippen molar-refractivity contribution in [2.24, 2.45) is 7.05 Å². The first-order chi connectivity index (χ1) is 13.5. The Bertz CT molecular complexity index is 1070. The number of hydrogen-bond donors (Lipinski definition) is 2. The molecule has 1 aromatic heterocycles. The highest BCUT2D eigenvalue weighted by molar-refractivity contribution is 6.11. The van der Waals surface area contributed by atoms with Crippen LogP contribution in [0.3, 0.4) is 0 Å². The highest BCUT2D eigenvalue weighted by Gasteiger charge is 2.27. The normalized spacial score (nSPS) is 13.4. The van der Waals surface area contributed by atoms with Crippen molar-refractivity contribution in [3.05, 3.63) is 77.0 Å². The van der Waals surface area contributed by atoms with E-state index < -0.39 is 0 Å². The topological polar surface area (TPSA) is 81.0 Å². The number of nitrogens with one attached hydrogen (secondary N) is 1. The number of carbonyl (C=O) groups is 2. The highest BCUT2D eigenvalue weighted by atomic mass is 16.1. The van der Waals surface area contributed by atoms with Crippen molar-refractivity contribution in [1.29, 1.82) is 0 Å². The lowest BCUT2D eigenvalue weighted by Crippen LogP contribution is -2.38. The van der Waals surface area contributed by atoms with Gasteiger partial charge in [0.1, 0.15) is 11.3 Å². The molecule has 4 rings (SSSR count). The number of carbonyl (C=O) groups excluding carboxylic acids is 2. The molecule has 6 nitrogen and oxygen atoms in total. The summed E-state index contributed by atoms with van der Waals surface area (Å²) < 4.78 is 3.54. The molecule has 0 radical (unpaired) electrons. The zero-order chi connectivity index (χ0) is 19.8. The van der Waals surface area contributed by atoms with Crippen LogP contribution in [0.2, 0.25) is 0 Å². The van der Waals surface area contributed by atoms with E-state index in [9.17, 15) is 9.59 Å². The summed E-state index contributed by atoms with van der Waals surface area (Å²) in [5, 5.41) is 3.00. The molecule has 28 heavy (non-hydrogen) atoms. The molecule has 0 bridgehead atoms. The van der Waals surface area contributed by atoms with Gasteiger partial charge in [-0.25, -0.2) is 0 Å². The third-order valence-corrected chi connectivity index (χ3v) is 5.03. The molecule has 3 aromatic rings. The maximum absolute atomic E-state index is 12.9. The van der Waals surface area contributed by atoms with Gasteiger partial charge in [0.2, 0.25) is 12.0 Å². The van der Waals surface area contributed by atoms with Crippen molar-refractivity contribution in [3.8, 4) is 5.69 Å². The van der Waals surface area contributed by atoms with Gasteiger partial charge in [-0.05, 0) is 37.5 Å². The van der Waals surface area contributed by atoms with Crippen LogP contribution < -0.4 is 15.7 Å². The quantitative estimate of drug-likeness (QED) is 0.530. The van der Waals surface area contributed by atoms with Crippen LogP contribution in [0.4, 0.5) is 5.82 Å². The number of anilines is 1. The number of ketones is 1. The van der Waals surface area contributed by atoms with E-state index >= 15 is 0 Å². The first-order valence-corrected chi connectivity index (χ1v) is 9.34. The molecule has 1 aliphatic carbocycles. The maximum atomic E-state index is 12.9. The van der Waals surface area contributed by atoms with Crippen molar-refractivity contribution < 1.29 is 14.3 Å². The van der Waals surface area contributed by atoms with Crippen molar-refractivity contribution >= 4 is 17.5 Å². The molecule has 0 saturated heterocycles. The van der Waals surface area contributed by atoms with E-state index in [0.29, 0.717) is 28.6 Å². The van der Waals surface area contributed by atoms with E-state index in [-0.39, 0.29) is 11.7 Å². The van der Waals surface area contributed by atoms with Gasteiger partial charge in [0, 0.05) is 17.2 Å². The first kappa shape index (κ1) is 18.0. The Morgan fingerprint density at radius 2 is 1.82 bits per heavy atom. The molecule has 0 spiro atoms. The van der Waals surface area contributed by atoms with E-state index in [2.05, 4.69) is 5.32 Å². The van der Waals surface area contributed by atoms with Crippen LogP contribution >= 0.6 is 0 Å². The molecular weight excluding hydrogens is 352 g/mol. The molecule has 0 aliphatic heterocycles. The number of aryl methyl sites for hydroxylation is 2. The zero-order valence-corrected chi connectivity index (χ0v) is 16.0. The minimum Gasteiger partial charge on any atom is -0.380 e. The average molecular weight is 375 g/mol. The summed E-state index contributed by atoms with van der Waals surface area (Å²) in [5.74, 6) is 0.129. The predicted octanol–water partition coefficient (Wildman–Crippen LogP) is 2.32. The number of nitrogens with two attached hydrogens (primary N) is 1. The minimum atomic E-state index is -0.132. The van der Waals surface area contributed by atoms with Gasteiger partial charge in [0.15, 0.2) is 12.9 Å². The molecule has 1 heterocycles. The molecule has 2 aromatic carbocycles. The van der Waals surface area contributed by atoms with Crippen molar-refractivity contribution in [3.63, 3.8) is 0 Å². The average Bonchev–Trinajstić information content (AvgIpc) is 3.46. The van der Waals surface area contributed by atoms with Gasteiger partial charge >= 0.3 is 0 Å². The minimum absolute atomic E-state index is 0.0854. The Morgan fingerprint density at radius 3 is 2.50 bits per heavy atom. The largest absolute Gasteiger partial charge is 0.380 e. The second-order valence-corrected chi connectivity index (χ2v) is 7.26. The Labute approximate surface area is 163 Å². The van der Waals surface area contributed by atoms with Crippen LogP contribution in [0.1, 0.15) is 44.7 Å². The van der Waals surface area contributed by atoms with Crippen LogP contribution in [0, 0.1) is 6.92 Å². The monoisotopic (exact) mass is 375 g/mol. The van der Waals surface area contributed by atoms with Gasteiger partial charge in [-0.1, -0.05) is 36.4 Å². The Balaban J connectivity index is 1.74. The lowest BCUT2D eigenvalue weighted by Gasteiger charge is -2.10. The predicted molar refractivity (Wildman–Crippen MR) is 106 cm³/mol. The van der Waals surface area contributed by atoms with Crippen molar-refractivity contribution in [1.82, 2.24) is 10.00 Å². The standard InChI is InChI=1S/C22H22N4O2/c1-14-8-9-16(22(28)24-17-10-11-17)12-19(14)26-21(23)18(13-25(26)2)20(27)15-6-4-3-5-7-15/h3-9,12-13,17,23H,10-11H2,1-2H3,(H,24,28)/p+1. The molecule has 3 N–H and O–H groups in total. The lowest BCUT2D eigenvalue weighted by atomic mass is 10.1. The van der Waals surface area contributed by atoms with Gasteiger partial charge in [-0.2, -0.15) is 0 Å². The molecule has 142 valence electrons. The fraction of sp³-hybridized carbons (Fsp3) is 0.227. The van der Waals surface area contributed by atoms with E-state index in [1.807, 2.05) is 50.4 Å². The molecule has 1 aliphatic rings. The number of nitrogen functional groups attached to an aromatic ring is 1. The van der Waals surface area contributed by atoms with Gasteiger partial charge < -0.3 is 11.1 Å². The van der Waals surface area contributed by atoms with Gasteiger partial charge in [0.25, 0.3) is 5.91 Å². The summed E-state index contributed by atoms with van der Waals surface area (Å²) in [6.45, 7) is 1.95. The summed E-state index contributed by atoms with van der Waals surface area (Å²) in [5.41, 5.74) is 9.71. The third-order valence-electron chi connectivity index (χ3n) is 5.03. The Kier molecular flexibility index (Phi) is 4.47. The molecule has 1 amide bonds. The summed E-state index contributed by atoms with van der Waals surface area (Å²) in [6, 6.07) is 14.9. The number of nitrogens with zero attached hydrogens (tertiary/aromatic N) is 2. The highest BCUT2D eigenvalue weighted by Crippen LogP contribution is 2.24. The number of benzene rings is 2. The summed E-state index contributed by atoms with van der Waals surface area (Å²) in [7, 11) is 1.83. The number of aromatic nitrogens is 2. The second kappa shape index (κ2) is 6.96. The van der Waals surface area contributed by atoms with Crippen LogP contribution in [-0.4, -0.2) is 22.4 Å². The van der Waals surface area contributed by atoms with Crippen LogP contribution in [-0.2, 0) is 7.05 Å². The Morgan fingerprint density at radius 1 is 1.11 bits per heavy atom. The lowest BCUT2D eigenvalue weighted by molar-refractivity contribution is -0.743. The number of rotatable bonds is 5. The van der Waals surface area contributed by atoms with Crippen LogP contribution in [0.15, 0.2) is 54.7 Å². The fourth-order valence-corrected chi connectivity index (χ4v) is 3.29. The summed E-state index contributed by atoms with van der Waals surface area (Å²) >= 11 is 0. The SMILES string of the molecule is Cc1ccc(C(=O)NC2CC2)cc1-n1c(N)c(C(=O)c2ccccc2)c[n+]1C. The number of hydrogen-bond acceptors (Lipinski definition) is 3. The molecular formula is C22H23N4O2+. The van der Waals surface area contributed by atoms with Crippen LogP contribution in [0.5, 0.6) is 0 Å². The van der Waals surface area contributed by atoms with E-state index in [0.717, 1.165) is 24.1 Å². The molecule has 1 saturated carbocycles. The molecule has 0 atom stereocenters. The fourth-order valence-electron chi connectivity index (χ4n) is 3.29. The smallest absolute Gasteiger partial charge is 0.251 e. The first-order valence-electron chi connectivity index (χ1n) is 9.34. The number of amides is 1. The zero-order valence-electron chi connectivity index (χ0n) is 16.0. The van der Waals surface area contributed by atoms with E-state index in [4.69, 9.17) is 5.73 Å².